The summed E-state index contributed by atoms with van der Waals surface area (Å²) in [6.07, 6.45) is 0. The van der Waals surface area contributed by atoms with Crippen LogP contribution >= 0.6 is 0 Å². The van der Waals surface area contributed by atoms with Crippen LogP contribution in [0.25, 0.3) is 11.0 Å². The van der Waals surface area contributed by atoms with Gasteiger partial charge >= 0.3 is 11.1 Å². The third-order valence-electron chi connectivity index (χ3n) is 4.56. The van der Waals surface area contributed by atoms with Crippen LogP contribution in [-0.4, -0.2) is 57.3 Å². The van der Waals surface area contributed by atoms with E-state index < -0.39 is 17.2 Å². The molecule has 0 bridgehead atoms. The third kappa shape index (κ3) is 3.26. The van der Waals surface area contributed by atoms with Crippen LogP contribution in [0.4, 0.5) is 0 Å². The van der Waals surface area contributed by atoms with Crippen LogP contribution in [0.3, 0.4) is 0 Å². The molecule has 0 aliphatic carbocycles. The van der Waals surface area contributed by atoms with Crippen molar-refractivity contribution in [3.8, 4) is 0 Å². The summed E-state index contributed by atoms with van der Waals surface area (Å²) in [4.78, 5) is 56.5. The first-order valence-electron chi connectivity index (χ1n) is 8.64. The van der Waals surface area contributed by atoms with Gasteiger partial charge in [0.05, 0.1) is 11.0 Å². The molecule has 1 saturated heterocycles. The Kier molecular flexibility index (Phi) is 4.67. The van der Waals surface area contributed by atoms with Gasteiger partial charge in [-0.05, 0) is 31.0 Å². The van der Waals surface area contributed by atoms with Gasteiger partial charge in [-0.3, -0.25) is 19.2 Å². The van der Waals surface area contributed by atoms with E-state index in [1.807, 2.05) is 0 Å². The van der Waals surface area contributed by atoms with Gasteiger partial charge in [-0.2, -0.15) is 0 Å². The summed E-state index contributed by atoms with van der Waals surface area (Å²) in [5.41, 5.74) is -0.336. The van der Waals surface area contributed by atoms with Crippen molar-refractivity contribution in [2.45, 2.75) is 26.8 Å². The van der Waals surface area contributed by atoms with Gasteiger partial charge in [0.1, 0.15) is 6.04 Å². The SMILES string of the molecule is CC(C)CN1CCN(C(=O)c2ccc3[nH]c(=O)c(=O)[nH]c3c2)[C@H](C)C1=O. The van der Waals surface area contributed by atoms with Gasteiger partial charge < -0.3 is 19.8 Å². The van der Waals surface area contributed by atoms with Crippen molar-refractivity contribution in [2.75, 3.05) is 19.6 Å². The molecule has 1 aromatic heterocycles. The van der Waals surface area contributed by atoms with E-state index in [0.29, 0.717) is 42.1 Å². The molecule has 2 aromatic rings. The second-order valence-corrected chi connectivity index (χ2v) is 7.02. The zero-order chi connectivity index (χ0) is 19.0. The third-order valence-corrected chi connectivity index (χ3v) is 4.56. The summed E-state index contributed by atoms with van der Waals surface area (Å²) in [7, 11) is 0. The number of piperazine rings is 1. The average Bonchev–Trinajstić information content (AvgIpc) is 2.59. The maximum atomic E-state index is 12.9. The lowest BCUT2D eigenvalue weighted by atomic mass is 10.1. The largest absolute Gasteiger partial charge is 0.339 e. The summed E-state index contributed by atoms with van der Waals surface area (Å²) in [5, 5.41) is 0. The number of amides is 2. The zero-order valence-electron chi connectivity index (χ0n) is 15.0. The minimum atomic E-state index is -0.770. The van der Waals surface area contributed by atoms with Crippen LogP contribution in [0, 0.1) is 5.92 Å². The first kappa shape index (κ1) is 17.9. The molecule has 1 aliphatic rings. The lowest BCUT2D eigenvalue weighted by molar-refractivity contribution is -0.140. The van der Waals surface area contributed by atoms with E-state index in [4.69, 9.17) is 0 Å². The number of fused-ring (bicyclic) bond motifs is 1. The van der Waals surface area contributed by atoms with Gasteiger partial charge in [0.2, 0.25) is 5.91 Å². The molecule has 2 heterocycles. The number of nitrogens with one attached hydrogen (secondary N) is 2. The topological polar surface area (TPSA) is 106 Å². The van der Waals surface area contributed by atoms with Crippen molar-refractivity contribution in [3.63, 3.8) is 0 Å². The molecule has 2 N–H and O–H groups in total. The Morgan fingerprint density at radius 2 is 1.77 bits per heavy atom. The highest BCUT2D eigenvalue weighted by Gasteiger charge is 2.34. The molecule has 0 unspecified atom stereocenters. The van der Waals surface area contributed by atoms with Gasteiger partial charge in [0, 0.05) is 25.2 Å². The molecule has 1 fully saturated rings. The molecule has 0 saturated carbocycles. The Hall–Kier alpha value is -2.90. The Morgan fingerprint density at radius 3 is 2.42 bits per heavy atom. The molecule has 8 nitrogen and oxygen atoms in total. The Labute approximate surface area is 149 Å². The fourth-order valence-corrected chi connectivity index (χ4v) is 3.24. The van der Waals surface area contributed by atoms with Gasteiger partial charge in [0.25, 0.3) is 5.91 Å². The summed E-state index contributed by atoms with van der Waals surface area (Å²) < 4.78 is 0. The maximum absolute atomic E-state index is 12.9. The molecular formula is C18H22N4O4. The van der Waals surface area contributed by atoms with Crippen LogP contribution in [0.5, 0.6) is 0 Å². The van der Waals surface area contributed by atoms with Crippen LogP contribution < -0.4 is 11.1 Å². The maximum Gasteiger partial charge on any atom is 0.314 e. The average molecular weight is 358 g/mol. The van der Waals surface area contributed by atoms with Crippen molar-refractivity contribution in [1.29, 1.82) is 0 Å². The summed E-state index contributed by atoms with van der Waals surface area (Å²) in [5.74, 6) is 0.0358. The van der Waals surface area contributed by atoms with Crippen molar-refractivity contribution in [3.05, 3.63) is 44.5 Å². The monoisotopic (exact) mass is 358 g/mol. The molecule has 0 spiro atoms. The van der Waals surface area contributed by atoms with Crippen molar-refractivity contribution in [2.24, 2.45) is 5.92 Å². The summed E-state index contributed by atoms with van der Waals surface area (Å²) in [6, 6.07) is 4.13. The van der Waals surface area contributed by atoms with Crippen LogP contribution in [-0.2, 0) is 4.79 Å². The molecule has 8 heteroatoms. The molecule has 3 rings (SSSR count). The van der Waals surface area contributed by atoms with E-state index in [2.05, 4.69) is 23.8 Å². The standard InChI is InChI=1S/C18H22N4O4/c1-10(2)9-21-6-7-22(11(3)17(21)25)18(26)12-4-5-13-14(8-12)20-16(24)15(23)19-13/h4-5,8,10-11H,6-7,9H2,1-3H3,(H,19,23)(H,20,24)/t11-/m1/s1. The van der Waals surface area contributed by atoms with Gasteiger partial charge in [-0.25, -0.2) is 0 Å². The smallest absolute Gasteiger partial charge is 0.314 e. The number of carbonyl (C=O) groups excluding carboxylic acids is 2. The molecule has 1 aliphatic heterocycles. The minimum Gasteiger partial charge on any atom is -0.339 e. The normalized spacial score (nSPS) is 18.0. The van der Waals surface area contributed by atoms with Gasteiger partial charge in [0.15, 0.2) is 0 Å². The highest BCUT2D eigenvalue weighted by atomic mass is 16.2. The lowest BCUT2D eigenvalue weighted by Gasteiger charge is -2.39. The molecule has 2 amide bonds. The first-order valence-corrected chi connectivity index (χ1v) is 8.64. The molecular weight excluding hydrogens is 336 g/mol. The van der Waals surface area contributed by atoms with E-state index in [1.54, 1.807) is 28.9 Å². The van der Waals surface area contributed by atoms with Crippen LogP contribution in [0.15, 0.2) is 27.8 Å². The quantitative estimate of drug-likeness (QED) is 0.781. The highest BCUT2D eigenvalue weighted by Crippen LogP contribution is 2.18. The molecule has 138 valence electrons. The molecule has 26 heavy (non-hydrogen) atoms. The molecule has 1 aromatic carbocycles. The van der Waals surface area contributed by atoms with Crippen LogP contribution in [0.2, 0.25) is 0 Å². The number of benzene rings is 1. The van der Waals surface area contributed by atoms with E-state index >= 15 is 0 Å². The highest BCUT2D eigenvalue weighted by molar-refractivity contribution is 6.00. The Morgan fingerprint density at radius 1 is 1.12 bits per heavy atom. The second kappa shape index (κ2) is 6.78. The summed E-state index contributed by atoms with van der Waals surface area (Å²) in [6.45, 7) is 7.47. The predicted molar refractivity (Wildman–Crippen MR) is 97.1 cm³/mol. The van der Waals surface area contributed by atoms with Crippen LogP contribution in [0.1, 0.15) is 31.1 Å². The number of aromatic amines is 2. The Balaban J connectivity index is 1.86. The van der Waals surface area contributed by atoms with Crippen molar-refractivity contribution < 1.29 is 9.59 Å². The van der Waals surface area contributed by atoms with E-state index in [0.717, 1.165) is 0 Å². The minimum absolute atomic E-state index is 0.0585. The first-order chi connectivity index (χ1) is 12.3. The molecule has 0 radical (unpaired) electrons. The number of carbonyl (C=O) groups is 2. The summed E-state index contributed by atoms with van der Waals surface area (Å²) >= 11 is 0. The fourth-order valence-electron chi connectivity index (χ4n) is 3.24. The number of H-pyrrole nitrogens is 2. The van der Waals surface area contributed by atoms with Gasteiger partial charge in [-0.15, -0.1) is 0 Å². The van der Waals surface area contributed by atoms with Crippen molar-refractivity contribution >= 4 is 22.8 Å². The number of rotatable bonds is 3. The van der Waals surface area contributed by atoms with E-state index in [9.17, 15) is 19.2 Å². The number of hydrogen-bond donors (Lipinski definition) is 2. The molecule has 1 atom stereocenters. The number of nitrogens with zero attached hydrogens (tertiary/aromatic N) is 2. The predicted octanol–water partition coefficient (Wildman–Crippen LogP) is 0.545. The Bertz CT molecular complexity index is 975. The second-order valence-electron chi connectivity index (χ2n) is 7.02. The van der Waals surface area contributed by atoms with E-state index in [1.165, 1.54) is 6.07 Å². The zero-order valence-corrected chi connectivity index (χ0v) is 15.0. The lowest BCUT2D eigenvalue weighted by Crippen LogP contribution is -2.58. The number of aromatic nitrogens is 2. The number of hydrogen-bond acceptors (Lipinski definition) is 4. The van der Waals surface area contributed by atoms with Gasteiger partial charge in [-0.1, -0.05) is 13.8 Å². The van der Waals surface area contributed by atoms with Crippen molar-refractivity contribution in [1.82, 2.24) is 19.8 Å². The fraction of sp³-hybridized carbons (Fsp3) is 0.444. The van der Waals surface area contributed by atoms with E-state index in [-0.39, 0.29) is 11.8 Å².